The fraction of sp³-hybridized carbons (Fsp3) is 0.167. The molecule has 0 heterocycles. The van der Waals surface area contributed by atoms with Crippen LogP contribution in [0.25, 0.3) is 0 Å². The molecule has 0 aromatic heterocycles. The molecule has 1 aromatic rings. The van der Waals surface area contributed by atoms with Crippen molar-refractivity contribution in [2.45, 2.75) is 0 Å². The van der Waals surface area contributed by atoms with E-state index < -0.39 is 0 Å². The van der Waals surface area contributed by atoms with Gasteiger partial charge in [-0.05, 0) is 15.9 Å². The fourth-order valence-electron chi connectivity index (χ4n) is 1.73. The Balaban J connectivity index is 2.68. The highest BCUT2D eigenvalue weighted by Crippen LogP contribution is 2.30. The van der Waals surface area contributed by atoms with Crippen LogP contribution in [0.1, 0.15) is 20.7 Å². The number of likely N-dealkylation sites (N-methyl/N-ethyl adjacent to an activating group) is 1. The summed E-state index contributed by atoms with van der Waals surface area (Å²) >= 11 is 3.20. The number of rotatable bonds is 1. The fourth-order valence-corrected chi connectivity index (χ4v) is 2.48. The van der Waals surface area contributed by atoms with Crippen molar-refractivity contribution >= 4 is 27.5 Å². The summed E-state index contributed by atoms with van der Waals surface area (Å²) in [6.07, 6.45) is 0. The van der Waals surface area contributed by atoms with Crippen LogP contribution in [0.3, 0.4) is 0 Å². The topological polar surface area (TPSA) is 37.4 Å². The predicted octanol–water partition coefficient (Wildman–Crippen LogP) is 2.23. The summed E-state index contributed by atoms with van der Waals surface area (Å²) in [6.45, 7) is 0. The van der Waals surface area contributed by atoms with Crippen molar-refractivity contribution in [2.24, 2.45) is 0 Å². The Bertz CT molecular complexity index is 518. The van der Waals surface area contributed by atoms with E-state index in [0.29, 0.717) is 21.3 Å². The molecule has 3 nitrogen and oxygen atoms in total. The molecule has 0 saturated heterocycles. The Morgan fingerprint density at radius 2 is 1.50 bits per heavy atom. The highest BCUT2D eigenvalue weighted by molar-refractivity contribution is 9.12. The maximum atomic E-state index is 12.1. The van der Waals surface area contributed by atoms with Gasteiger partial charge in [0.1, 0.15) is 5.70 Å². The molecule has 82 valence electrons. The third-order valence-electron chi connectivity index (χ3n) is 2.49. The van der Waals surface area contributed by atoms with E-state index in [2.05, 4.69) is 15.9 Å². The Morgan fingerprint density at radius 3 is 2.00 bits per heavy atom. The minimum absolute atomic E-state index is 0.118. The molecule has 1 aliphatic rings. The van der Waals surface area contributed by atoms with Gasteiger partial charge in [-0.2, -0.15) is 0 Å². The number of hydrogen-bond donors (Lipinski definition) is 0. The van der Waals surface area contributed by atoms with Gasteiger partial charge in [0.25, 0.3) is 0 Å². The molecule has 0 unspecified atom stereocenters. The molecule has 1 aromatic carbocycles. The minimum atomic E-state index is -0.140. The van der Waals surface area contributed by atoms with E-state index in [9.17, 15) is 9.59 Å². The van der Waals surface area contributed by atoms with Crippen LogP contribution in [-0.2, 0) is 0 Å². The number of halogens is 1. The molecular weight excluding hydrogens is 270 g/mol. The number of allylic oxidation sites excluding steroid dienone is 2. The van der Waals surface area contributed by atoms with Crippen LogP contribution in [0.15, 0.2) is 34.4 Å². The van der Waals surface area contributed by atoms with Crippen molar-refractivity contribution in [2.75, 3.05) is 14.1 Å². The zero-order chi connectivity index (χ0) is 11.9. The molecule has 0 fully saturated rings. The molecule has 0 spiro atoms. The van der Waals surface area contributed by atoms with Gasteiger partial charge >= 0.3 is 0 Å². The van der Waals surface area contributed by atoms with E-state index in [1.165, 1.54) is 0 Å². The molecule has 2 rings (SSSR count). The van der Waals surface area contributed by atoms with Crippen LogP contribution >= 0.6 is 15.9 Å². The van der Waals surface area contributed by atoms with Gasteiger partial charge in [-0.25, -0.2) is 0 Å². The lowest BCUT2D eigenvalue weighted by molar-refractivity contribution is 0.0960. The van der Waals surface area contributed by atoms with Crippen molar-refractivity contribution in [3.63, 3.8) is 0 Å². The normalized spacial score (nSPS) is 15.2. The molecule has 0 amide bonds. The Morgan fingerprint density at radius 1 is 1.00 bits per heavy atom. The summed E-state index contributed by atoms with van der Waals surface area (Å²) in [5.41, 5.74) is 1.34. The molecule has 4 heteroatoms. The van der Waals surface area contributed by atoms with Crippen LogP contribution in [0.5, 0.6) is 0 Å². The molecule has 0 aliphatic heterocycles. The quantitative estimate of drug-likeness (QED) is 0.791. The number of Topliss-reactive ketones (excluding diaryl/α,β-unsaturated/α-hetero) is 2. The van der Waals surface area contributed by atoms with Gasteiger partial charge in [-0.15, -0.1) is 0 Å². The van der Waals surface area contributed by atoms with Crippen LogP contribution in [-0.4, -0.2) is 30.6 Å². The van der Waals surface area contributed by atoms with Gasteiger partial charge in [-0.1, -0.05) is 24.3 Å². The monoisotopic (exact) mass is 279 g/mol. The van der Waals surface area contributed by atoms with Crippen molar-refractivity contribution in [3.8, 4) is 0 Å². The van der Waals surface area contributed by atoms with Gasteiger partial charge in [-0.3, -0.25) is 9.59 Å². The SMILES string of the molecule is CN(C)C1=C(Br)C(=O)c2ccccc2C1=O. The Hall–Kier alpha value is -1.42. The van der Waals surface area contributed by atoms with Gasteiger partial charge in [0.2, 0.25) is 11.6 Å². The third-order valence-corrected chi connectivity index (χ3v) is 3.22. The summed E-state index contributed by atoms with van der Waals surface area (Å²) in [5.74, 6) is -0.258. The van der Waals surface area contributed by atoms with Crippen LogP contribution in [0.2, 0.25) is 0 Å². The zero-order valence-corrected chi connectivity index (χ0v) is 10.5. The lowest BCUT2D eigenvalue weighted by Crippen LogP contribution is -2.28. The Labute approximate surface area is 102 Å². The number of carbonyl (C=O) groups is 2. The molecule has 1 aliphatic carbocycles. The summed E-state index contributed by atoms with van der Waals surface area (Å²) < 4.78 is 0.334. The highest BCUT2D eigenvalue weighted by Gasteiger charge is 2.31. The number of fused-ring (bicyclic) bond motifs is 1. The average molecular weight is 280 g/mol. The number of hydrogen-bond acceptors (Lipinski definition) is 3. The zero-order valence-electron chi connectivity index (χ0n) is 8.95. The molecule has 0 N–H and O–H groups in total. The minimum Gasteiger partial charge on any atom is -0.373 e. The summed E-state index contributed by atoms with van der Waals surface area (Å²) in [5, 5.41) is 0. The molecule has 0 saturated carbocycles. The van der Waals surface area contributed by atoms with E-state index in [0.717, 1.165) is 0 Å². The van der Waals surface area contributed by atoms with Gasteiger partial charge in [0, 0.05) is 25.2 Å². The van der Waals surface area contributed by atoms with Crippen LogP contribution in [0.4, 0.5) is 0 Å². The van der Waals surface area contributed by atoms with E-state index in [4.69, 9.17) is 0 Å². The first-order chi connectivity index (χ1) is 7.54. The van der Waals surface area contributed by atoms with Crippen LogP contribution in [0, 0.1) is 0 Å². The largest absolute Gasteiger partial charge is 0.373 e. The van der Waals surface area contributed by atoms with Crippen molar-refractivity contribution < 1.29 is 9.59 Å². The standard InChI is InChI=1S/C12H10BrNO2/c1-14(2)10-9(13)11(15)7-5-3-4-6-8(7)12(10)16/h3-6H,1-2H3. The van der Waals surface area contributed by atoms with E-state index in [1.54, 1.807) is 43.3 Å². The second kappa shape index (κ2) is 3.87. The van der Waals surface area contributed by atoms with E-state index in [-0.39, 0.29) is 11.6 Å². The highest BCUT2D eigenvalue weighted by atomic mass is 79.9. The lowest BCUT2D eigenvalue weighted by atomic mass is 9.92. The van der Waals surface area contributed by atoms with Crippen molar-refractivity contribution in [1.29, 1.82) is 0 Å². The van der Waals surface area contributed by atoms with Crippen LogP contribution < -0.4 is 0 Å². The first-order valence-electron chi connectivity index (χ1n) is 4.79. The van der Waals surface area contributed by atoms with Crippen molar-refractivity contribution in [3.05, 3.63) is 45.6 Å². The molecule has 0 bridgehead atoms. The predicted molar refractivity (Wildman–Crippen MR) is 64.7 cm³/mol. The maximum Gasteiger partial charge on any atom is 0.211 e. The van der Waals surface area contributed by atoms with Gasteiger partial charge in [0.05, 0.1) is 4.48 Å². The molecule has 0 atom stereocenters. The molecular formula is C12H10BrNO2. The Kier molecular flexibility index (Phi) is 2.68. The van der Waals surface area contributed by atoms with Crippen molar-refractivity contribution in [1.82, 2.24) is 4.90 Å². The van der Waals surface area contributed by atoms with E-state index >= 15 is 0 Å². The lowest BCUT2D eigenvalue weighted by Gasteiger charge is -2.23. The van der Waals surface area contributed by atoms with Gasteiger partial charge in [0.15, 0.2) is 0 Å². The number of carbonyl (C=O) groups excluding carboxylic acids is 2. The molecule has 0 radical (unpaired) electrons. The maximum absolute atomic E-state index is 12.1. The molecule has 16 heavy (non-hydrogen) atoms. The van der Waals surface area contributed by atoms with E-state index in [1.807, 2.05) is 0 Å². The summed E-state index contributed by atoms with van der Waals surface area (Å²) in [7, 11) is 3.49. The number of ketones is 2. The second-order valence-electron chi connectivity index (χ2n) is 3.76. The average Bonchev–Trinajstić information content (AvgIpc) is 2.26. The summed E-state index contributed by atoms with van der Waals surface area (Å²) in [6, 6.07) is 6.86. The van der Waals surface area contributed by atoms with Gasteiger partial charge < -0.3 is 4.90 Å². The first-order valence-corrected chi connectivity index (χ1v) is 5.59. The second-order valence-corrected chi connectivity index (χ2v) is 4.55. The first kappa shape index (κ1) is 11.1. The summed E-state index contributed by atoms with van der Waals surface area (Å²) in [4.78, 5) is 25.8. The smallest absolute Gasteiger partial charge is 0.211 e. The third kappa shape index (κ3) is 1.50. The number of benzene rings is 1. The number of nitrogens with zero attached hydrogens (tertiary/aromatic N) is 1.